The van der Waals surface area contributed by atoms with Gasteiger partial charge in [-0.3, -0.25) is 4.79 Å². The summed E-state index contributed by atoms with van der Waals surface area (Å²) in [6, 6.07) is 9.61. The third-order valence-corrected chi connectivity index (χ3v) is 3.88. The Bertz CT molecular complexity index is 542. The van der Waals surface area contributed by atoms with Crippen molar-refractivity contribution in [3.63, 3.8) is 0 Å². The first-order chi connectivity index (χ1) is 9.69. The van der Waals surface area contributed by atoms with Gasteiger partial charge in [-0.1, -0.05) is 31.9 Å². The molecule has 3 heteroatoms. The molecule has 0 aromatic heterocycles. The highest BCUT2D eigenvalue weighted by molar-refractivity contribution is 5.91. The van der Waals surface area contributed by atoms with Crippen LogP contribution in [0.4, 0.5) is 0 Å². The van der Waals surface area contributed by atoms with Crippen molar-refractivity contribution < 1.29 is 4.79 Å². The van der Waals surface area contributed by atoms with Gasteiger partial charge in [0.15, 0.2) is 0 Å². The Morgan fingerprint density at radius 3 is 2.95 bits per heavy atom. The molecule has 0 saturated heterocycles. The molecule has 3 nitrogen and oxygen atoms in total. The fourth-order valence-electron chi connectivity index (χ4n) is 2.65. The van der Waals surface area contributed by atoms with Crippen molar-refractivity contribution in [2.45, 2.75) is 38.6 Å². The monoisotopic (exact) mass is 268 g/mol. The van der Waals surface area contributed by atoms with E-state index in [2.05, 4.69) is 18.3 Å². The molecule has 2 unspecified atom stereocenters. The van der Waals surface area contributed by atoms with Crippen molar-refractivity contribution in [3.8, 4) is 6.07 Å². The second-order valence-corrected chi connectivity index (χ2v) is 5.45. The molecule has 1 saturated carbocycles. The summed E-state index contributed by atoms with van der Waals surface area (Å²) in [5.74, 6) is 0.508. The Morgan fingerprint density at radius 1 is 1.40 bits per heavy atom. The van der Waals surface area contributed by atoms with E-state index in [1.165, 1.54) is 19.3 Å². The molecule has 0 radical (unpaired) electrons. The molecule has 0 aliphatic heterocycles. The summed E-state index contributed by atoms with van der Waals surface area (Å²) in [5.41, 5.74) is 1.48. The molecule has 1 amide bonds. The predicted molar refractivity (Wildman–Crippen MR) is 79.8 cm³/mol. The lowest BCUT2D eigenvalue weighted by molar-refractivity contribution is -0.117. The van der Waals surface area contributed by atoms with E-state index in [0.29, 0.717) is 17.5 Å². The molecule has 1 fully saturated rings. The zero-order valence-electron chi connectivity index (χ0n) is 11.8. The van der Waals surface area contributed by atoms with Crippen molar-refractivity contribution in [2.24, 2.45) is 5.92 Å². The van der Waals surface area contributed by atoms with Gasteiger partial charge in [-0.05, 0) is 42.5 Å². The maximum absolute atomic E-state index is 11.9. The van der Waals surface area contributed by atoms with Gasteiger partial charge in [0.1, 0.15) is 0 Å². The summed E-state index contributed by atoms with van der Waals surface area (Å²) in [5, 5.41) is 11.9. The summed E-state index contributed by atoms with van der Waals surface area (Å²) in [6.07, 6.45) is 8.04. The highest BCUT2D eigenvalue weighted by atomic mass is 16.1. The molecule has 2 rings (SSSR count). The van der Waals surface area contributed by atoms with Crippen LogP contribution >= 0.6 is 0 Å². The van der Waals surface area contributed by atoms with Crippen LogP contribution in [0.3, 0.4) is 0 Å². The second-order valence-electron chi connectivity index (χ2n) is 5.45. The Kier molecular flexibility index (Phi) is 4.95. The predicted octanol–water partition coefficient (Wildman–Crippen LogP) is 3.27. The number of amides is 1. The summed E-state index contributed by atoms with van der Waals surface area (Å²) in [4.78, 5) is 11.9. The lowest BCUT2D eigenvalue weighted by atomic mass is 9.86. The minimum absolute atomic E-state index is 0.0499. The first kappa shape index (κ1) is 14.3. The number of nitrogens with zero attached hydrogens (tertiary/aromatic N) is 1. The van der Waals surface area contributed by atoms with Gasteiger partial charge in [-0.15, -0.1) is 0 Å². The van der Waals surface area contributed by atoms with E-state index >= 15 is 0 Å². The molecule has 1 aromatic rings. The van der Waals surface area contributed by atoms with Crippen LogP contribution in [0.1, 0.15) is 43.7 Å². The minimum atomic E-state index is -0.0499. The maximum atomic E-state index is 11.9. The van der Waals surface area contributed by atoms with E-state index in [1.807, 2.05) is 12.1 Å². The number of nitriles is 1. The van der Waals surface area contributed by atoms with Gasteiger partial charge in [0.05, 0.1) is 11.6 Å². The van der Waals surface area contributed by atoms with Gasteiger partial charge in [0.25, 0.3) is 0 Å². The molecule has 20 heavy (non-hydrogen) atoms. The summed E-state index contributed by atoms with van der Waals surface area (Å²) in [6.45, 7) is 2.20. The fourth-order valence-corrected chi connectivity index (χ4v) is 2.65. The quantitative estimate of drug-likeness (QED) is 0.855. The van der Waals surface area contributed by atoms with Gasteiger partial charge < -0.3 is 5.32 Å². The topological polar surface area (TPSA) is 52.9 Å². The van der Waals surface area contributed by atoms with Gasteiger partial charge in [0.2, 0.25) is 5.91 Å². The molecule has 0 spiro atoms. The summed E-state index contributed by atoms with van der Waals surface area (Å²) >= 11 is 0. The average Bonchev–Trinajstić information content (AvgIpc) is 2.48. The van der Waals surface area contributed by atoms with Crippen LogP contribution in [0, 0.1) is 17.2 Å². The highest BCUT2D eigenvalue weighted by Gasteiger charge is 2.21. The molecular weight excluding hydrogens is 248 g/mol. The van der Waals surface area contributed by atoms with Crippen LogP contribution in [0.25, 0.3) is 6.08 Å². The SMILES string of the molecule is CC1CCCCC1NC(=O)C=Cc1cccc(C#N)c1. The highest BCUT2D eigenvalue weighted by Crippen LogP contribution is 2.23. The van der Waals surface area contributed by atoms with Crippen LogP contribution in [0.2, 0.25) is 0 Å². The van der Waals surface area contributed by atoms with Crippen LogP contribution in [-0.4, -0.2) is 11.9 Å². The Morgan fingerprint density at radius 2 is 2.20 bits per heavy atom. The van der Waals surface area contributed by atoms with Gasteiger partial charge >= 0.3 is 0 Å². The lowest BCUT2D eigenvalue weighted by Gasteiger charge is -2.29. The zero-order valence-corrected chi connectivity index (χ0v) is 11.8. The lowest BCUT2D eigenvalue weighted by Crippen LogP contribution is -2.40. The molecule has 1 aromatic carbocycles. The number of hydrogen-bond donors (Lipinski definition) is 1. The number of carbonyl (C=O) groups is 1. The number of rotatable bonds is 3. The molecule has 1 aliphatic rings. The largest absolute Gasteiger partial charge is 0.350 e. The Balaban J connectivity index is 1.93. The standard InChI is InChI=1S/C17H20N2O/c1-13-5-2-3-8-16(13)19-17(20)10-9-14-6-4-7-15(11-14)12-18/h4,6-7,9-11,13,16H,2-3,5,8H2,1H3,(H,19,20). The molecule has 0 heterocycles. The van der Waals surface area contributed by atoms with E-state index < -0.39 is 0 Å². The average molecular weight is 268 g/mol. The molecule has 0 bridgehead atoms. The van der Waals surface area contributed by atoms with E-state index in [-0.39, 0.29) is 5.91 Å². The van der Waals surface area contributed by atoms with Crippen LogP contribution in [0.5, 0.6) is 0 Å². The Hall–Kier alpha value is -2.08. The van der Waals surface area contributed by atoms with E-state index in [0.717, 1.165) is 12.0 Å². The third kappa shape index (κ3) is 3.96. The van der Waals surface area contributed by atoms with Crippen molar-refractivity contribution in [1.29, 1.82) is 5.26 Å². The van der Waals surface area contributed by atoms with Crippen LogP contribution < -0.4 is 5.32 Å². The van der Waals surface area contributed by atoms with Gasteiger partial charge in [-0.2, -0.15) is 5.26 Å². The van der Waals surface area contributed by atoms with Gasteiger partial charge in [0, 0.05) is 12.1 Å². The van der Waals surface area contributed by atoms with Crippen molar-refractivity contribution in [3.05, 3.63) is 41.5 Å². The molecule has 1 aliphatic carbocycles. The summed E-state index contributed by atoms with van der Waals surface area (Å²) in [7, 11) is 0. The van der Waals surface area contributed by atoms with Crippen molar-refractivity contribution in [2.75, 3.05) is 0 Å². The van der Waals surface area contributed by atoms with Gasteiger partial charge in [-0.25, -0.2) is 0 Å². The third-order valence-electron chi connectivity index (χ3n) is 3.88. The second kappa shape index (κ2) is 6.91. The smallest absolute Gasteiger partial charge is 0.244 e. The van der Waals surface area contributed by atoms with E-state index in [1.54, 1.807) is 24.3 Å². The van der Waals surface area contributed by atoms with Crippen molar-refractivity contribution in [1.82, 2.24) is 5.32 Å². The van der Waals surface area contributed by atoms with Crippen molar-refractivity contribution >= 4 is 12.0 Å². The van der Waals surface area contributed by atoms with Crippen LogP contribution in [0.15, 0.2) is 30.3 Å². The molecular formula is C17H20N2O. The zero-order chi connectivity index (χ0) is 14.4. The fraction of sp³-hybridized carbons (Fsp3) is 0.412. The maximum Gasteiger partial charge on any atom is 0.244 e. The molecule has 104 valence electrons. The number of carbonyl (C=O) groups excluding carboxylic acids is 1. The molecule has 2 atom stereocenters. The normalized spacial score (nSPS) is 22.4. The minimum Gasteiger partial charge on any atom is -0.350 e. The van der Waals surface area contributed by atoms with E-state index in [4.69, 9.17) is 5.26 Å². The van der Waals surface area contributed by atoms with Crippen LogP contribution in [-0.2, 0) is 4.79 Å². The summed E-state index contributed by atoms with van der Waals surface area (Å²) < 4.78 is 0. The number of benzene rings is 1. The van der Waals surface area contributed by atoms with E-state index in [9.17, 15) is 4.79 Å². The Labute approximate surface area is 120 Å². The number of hydrogen-bond acceptors (Lipinski definition) is 2. The first-order valence-electron chi connectivity index (χ1n) is 7.18. The first-order valence-corrected chi connectivity index (χ1v) is 7.18. The number of nitrogens with one attached hydrogen (secondary N) is 1. The molecule has 1 N–H and O–H groups in total.